The monoisotopic (exact) mass is 352 g/mol. The third kappa shape index (κ3) is 3.30. The molecule has 0 N–H and O–H groups in total. The van der Waals surface area contributed by atoms with Gasteiger partial charge in [0, 0.05) is 6.20 Å². The highest BCUT2D eigenvalue weighted by Gasteiger charge is 2.20. The van der Waals surface area contributed by atoms with E-state index in [1.165, 1.54) is 7.11 Å². The summed E-state index contributed by atoms with van der Waals surface area (Å²) in [6.07, 6.45) is 1.71. The number of carbonyl (C=O) groups is 2. The molecule has 3 aromatic rings. The lowest BCUT2D eigenvalue weighted by Crippen LogP contribution is -2.05. The largest absolute Gasteiger partial charge is 0.465 e. The summed E-state index contributed by atoms with van der Waals surface area (Å²) in [6, 6.07) is 12.0. The Balaban J connectivity index is 2.09. The number of benzene rings is 1. The number of imidazole rings is 1. The van der Waals surface area contributed by atoms with Crippen molar-refractivity contribution in [2.45, 2.75) is 6.92 Å². The summed E-state index contributed by atoms with van der Waals surface area (Å²) in [5, 5.41) is 8.29. The van der Waals surface area contributed by atoms with Crippen LogP contribution in [0.2, 0.25) is 0 Å². The van der Waals surface area contributed by atoms with Crippen LogP contribution in [0.4, 0.5) is 11.5 Å². The number of carbonyl (C=O) groups excluding carboxylic acids is 2. The first-order valence-corrected chi connectivity index (χ1v) is 7.89. The molecule has 2 aromatic heterocycles. The molecule has 0 aliphatic rings. The molecule has 132 valence electrons. The summed E-state index contributed by atoms with van der Waals surface area (Å²) >= 11 is 0. The van der Waals surface area contributed by atoms with Gasteiger partial charge in [0.15, 0.2) is 11.5 Å². The minimum Gasteiger partial charge on any atom is -0.465 e. The van der Waals surface area contributed by atoms with E-state index in [9.17, 15) is 9.59 Å². The molecule has 8 nitrogen and oxygen atoms in total. The fourth-order valence-electron chi connectivity index (χ4n) is 2.36. The molecule has 0 radical (unpaired) electrons. The van der Waals surface area contributed by atoms with Crippen LogP contribution >= 0.6 is 0 Å². The van der Waals surface area contributed by atoms with Gasteiger partial charge in [0.1, 0.15) is 11.3 Å². The zero-order valence-electron chi connectivity index (χ0n) is 14.2. The molecule has 26 heavy (non-hydrogen) atoms. The summed E-state index contributed by atoms with van der Waals surface area (Å²) < 4.78 is 11.4. The fraction of sp³-hybridized carbons (Fsp3) is 0.167. The summed E-state index contributed by atoms with van der Waals surface area (Å²) in [4.78, 5) is 28.3. The van der Waals surface area contributed by atoms with Crippen molar-refractivity contribution < 1.29 is 19.1 Å². The number of azo groups is 1. The Morgan fingerprint density at radius 1 is 1.08 bits per heavy atom. The van der Waals surface area contributed by atoms with Crippen LogP contribution < -0.4 is 0 Å². The predicted molar refractivity (Wildman–Crippen MR) is 93.1 cm³/mol. The van der Waals surface area contributed by atoms with Crippen LogP contribution in [0.1, 0.15) is 27.8 Å². The van der Waals surface area contributed by atoms with Crippen molar-refractivity contribution in [3.63, 3.8) is 0 Å². The van der Waals surface area contributed by atoms with Crippen LogP contribution in [-0.4, -0.2) is 35.0 Å². The Kier molecular flexibility index (Phi) is 5.02. The topological polar surface area (TPSA) is 94.6 Å². The Labute approximate surface area is 149 Å². The quantitative estimate of drug-likeness (QED) is 0.515. The molecule has 8 heteroatoms. The number of fused-ring (bicyclic) bond motifs is 1. The van der Waals surface area contributed by atoms with Crippen LogP contribution in [-0.2, 0) is 9.47 Å². The first-order valence-electron chi connectivity index (χ1n) is 7.89. The van der Waals surface area contributed by atoms with Gasteiger partial charge in [-0.25, -0.2) is 14.6 Å². The van der Waals surface area contributed by atoms with E-state index in [0.717, 1.165) is 0 Å². The highest BCUT2D eigenvalue weighted by molar-refractivity contribution is 5.95. The zero-order chi connectivity index (χ0) is 18.5. The van der Waals surface area contributed by atoms with Gasteiger partial charge in [0.05, 0.1) is 19.3 Å². The van der Waals surface area contributed by atoms with Crippen molar-refractivity contribution in [2.24, 2.45) is 10.2 Å². The Morgan fingerprint density at radius 3 is 2.62 bits per heavy atom. The predicted octanol–water partition coefficient (Wildman–Crippen LogP) is 3.71. The molecule has 0 aliphatic carbocycles. The number of ether oxygens (including phenoxy) is 2. The highest BCUT2D eigenvalue weighted by atomic mass is 16.5. The fourth-order valence-corrected chi connectivity index (χ4v) is 2.36. The van der Waals surface area contributed by atoms with Gasteiger partial charge in [-0.15, -0.1) is 10.2 Å². The van der Waals surface area contributed by atoms with Gasteiger partial charge >= 0.3 is 11.9 Å². The molecular weight excluding hydrogens is 336 g/mol. The number of pyridine rings is 1. The summed E-state index contributed by atoms with van der Waals surface area (Å²) in [6.45, 7) is 1.93. The maximum Gasteiger partial charge on any atom is 0.360 e. The number of nitrogens with zero attached hydrogens (tertiary/aromatic N) is 4. The maximum atomic E-state index is 12.2. The minimum atomic E-state index is -0.591. The van der Waals surface area contributed by atoms with Crippen molar-refractivity contribution in [1.82, 2.24) is 9.38 Å². The standard InChI is InChI=1S/C18H16N4O4/c1-3-26-18(24)15-16(22-11-7-6-10-14(22)19-15)21-20-13-9-5-4-8-12(13)17(23)25-2/h4-11H,3H2,1-2H3. The molecule has 2 heterocycles. The molecule has 3 rings (SSSR count). The normalized spacial score (nSPS) is 11.0. The molecule has 0 spiro atoms. The highest BCUT2D eigenvalue weighted by Crippen LogP contribution is 2.26. The van der Waals surface area contributed by atoms with Gasteiger partial charge in [-0.2, -0.15) is 0 Å². The Morgan fingerprint density at radius 2 is 1.85 bits per heavy atom. The third-order valence-electron chi connectivity index (χ3n) is 3.54. The number of methoxy groups -OCH3 is 1. The van der Waals surface area contributed by atoms with Crippen molar-refractivity contribution in [3.05, 3.63) is 59.9 Å². The van der Waals surface area contributed by atoms with Crippen molar-refractivity contribution in [3.8, 4) is 0 Å². The van der Waals surface area contributed by atoms with E-state index >= 15 is 0 Å². The van der Waals surface area contributed by atoms with Crippen molar-refractivity contribution in [1.29, 1.82) is 0 Å². The lowest BCUT2D eigenvalue weighted by atomic mass is 10.2. The maximum absolute atomic E-state index is 12.2. The van der Waals surface area contributed by atoms with Gasteiger partial charge in [-0.1, -0.05) is 18.2 Å². The first-order chi connectivity index (χ1) is 12.7. The third-order valence-corrected chi connectivity index (χ3v) is 3.54. The lowest BCUT2D eigenvalue weighted by molar-refractivity contribution is 0.0520. The van der Waals surface area contributed by atoms with E-state index in [4.69, 9.17) is 9.47 Å². The van der Waals surface area contributed by atoms with E-state index in [1.54, 1.807) is 60.0 Å². The van der Waals surface area contributed by atoms with Gasteiger partial charge in [0.2, 0.25) is 0 Å². The second-order valence-electron chi connectivity index (χ2n) is 5.14. The van der Waals surface area contributed by atoms with E-state index in [2.05, 4.69) is 15.2 Å². The molecule has 0 atom stereocenters. The number of hydrogen-bond donors (Lipinski definition) is 0. The average molecular weight is 352 g/mol. The van der Waals surface area contributed by atoms with Crippen molar-refractivity contribution >= 4 is 29.1 Å². The second-order valence-corrected chi connectivity index (χ2v) is 5.14. The SMILES string of the molecule is CCOC(=O)c1nc2ccccn2c1N=Nc1ccccc1C(=O)OC. The van der Waals surface area contributed by atoms with Gasteiger partial charge in [0.25, 0.3) is 0 Å². The van der Waals surface area contributed by atoms with Gasteiger partial charge in [-0.05, 0) is 31.2 Å². The number of rotatable bonds is 5. The zero-order valence-corrected chi connectivity index (χ0v) is 14.2. The molecule has 0 aliphatic heterocycles. The molecule has 0 bridgehead atoms. The van der Waals surface area contributed by atoms with Gasteiger partial charge < -0.3 is 9.47 Å². The Hall–Kier alpha value is -3.55. The van der Waals surface area contributed by atoms with E-state index < -0.39 is 11.9 Å². The molecule has 0 amide bonds. The second kappa shape index (κ2) is 7.56. The van der Waals surface area contributed by atoms with Gasteiger partial charge in [-0.3, -0.25) is 4.40 Å². The van der Waals surface area contributed by atoms with E-state index in [1.807, 2.05) is 0 Å². The molecule has 0 fully saturated rings. The van der Waals surface area contributed by atoms with Crippen molar-refractivity contribution in [2.75, 3.05) is 13.7 Å². The van der Waals surface area contributed by atoms with E-state index in [0.29, 0.717) is 11.3 Å². The van der Waals surface area contributed by atoms with Crippen LogP contribution in [0.25, 0.3) is 5.65 Å². The van der Waals surface area contributed by atoms with Crippen LogP contribution in [0.5, 0.6) is 0 Å². The first kappa shape index (κ1) is 17.3. The summed E-state index contributed by atoms with van der Waals surface area (Å²) in [5.74, 6) is -0.895. The molecular formula is C18H16N4O4. The molecule has 0 saturated heterocycles. The molecule has 0 unspecified atom stereocenters. The summed E-state index contributed by atoms with van der Waals surface area (Å²) in [5.41, 5.74) is 1.17. The number of hydrogen-bond acceptors (Lipinski definition) is 7. The number of aromatic nitrogens is 2. The van der Waals surface area contributed by atoms with E-state index in [-0.39, 0.29) is 23.7 Å². The number of esters is 2. The van der Waals surface area contributed by atoms with Crippen LogP contribution in [0.3, 0.4) is 0 Å². The molecule has 0 saturated carbocycles. The minimum absolute atomic E-state index is 0.0531. The van der Waals surface area contributed by atoms with Crippen LogP contribution in [0.15, 0.2) is 58.9 Å². The lowest BCUT2D eigenvalue weighted by Gasteiger charge is -2.02. The van der Waals surface area contributed by atoms with Crippen LogP contribution in [0, 0.1) is 0 Å². The molecule has 1 aromatic carbocycles. The average Bonchev–Trinajstić information content (AvgIpc) is 3.05. The summed E-state index contributed by atoms with van der Waals surface area (Å²) in [7, 11) is 1.29. The Bertz CT molecular complexity index is 994. The smallest absolute Gasteiger partial charge is 0.360 e.